The van der Waals surface area contributed by atoms with E-state index in [0.29, 0.717) is 29.6 Å². The van der Waals surface area contributed by atoms with E-state index in [0.717, 1.165) is 43.8 Å². The predicted octanol–water partition coefficient (Wildman–Crippen LogP) is 3.63. The van der Waals surface area contributed by atoms with Gasteiger partial charge in [-0.05, 0) is 50.1 Å². The third-order valence-corrected chi connectivity index (χ3v) is 5.51. The lowest BCUT2D eigenvalue weighted by Gasteiger charge is -2.16. The van der Waals surface area contributed by atoms with Gasteiger partial charge >= 0.3 is 0 Å². The van der Waals surface area contributed by atoms with Gasteiger partial charge in [0.15, 0.2) is 0 Å². The number of carbonyl (C=O) groups is 1. The Morgan fingerprint density at radius 1 is 1.10 bits per heavy atom. The predicted molar refractivity (Wildman–Crippen MR) is 117 cm³/mol. The van der Waals surface area contributed by atoms with E-state index in [1.165, 1.54) is 12.0 Å². The number of hydrogen-bond acceptors (Lipinski definition) is 4. The molecule has 2 aromatic carbocycles. The van der Waals surface area contributed by atoms with Gasteiger partial charge in [-0.1, -0.05) is 30.5 Å². The van der Waals surface area contributed by atoms with Crippen molar-refractivity contribution in [3.05, 3.63) is 69.8 Å². The third kappa shape index (κ3) is 4.53. The van der Waals surface area contributed by atoms with Crippen LogP contribution in [0.1, 0.15) is 47.4 Å². The molecule has 0 atom stereocenters. The van der Waals surface area contributed by atoms with Gasteiger partial charge < -0.3 is 10.1 Å². The Labute approximate surface area is 175 Å². The largest absolute Gasteiger partial charge is 0.492 e. The first-order chi connectivity index (χ1) is 14.6. The number of fused-ring (bicyclic) bond motifs is 2. The van der Waals surface area contributed by atoms with Gasteiger partial charge in [-0.25, -0.2) is 4.98 Å². The van der Waals surface area contributed by atoms with Crippen molar-refractivity contribution in [2.45, 2.75) is 45.6 Å². The summed E-state index contributed by atoms with van der Waals surface area (Å²) >= 11 is 0. The van der Waals surface area contributed by atoms with Crippen LogP contribution in [0.3, 0.4) is 0 Å². The lowest BCUT2D eigenvalue weighted by atomic mass is 10.1. The highest BCUT2D eigenvalue weighted by molar-refractivity contribution is 5.97. The van der Waals surface area contributed by atoms with Gasteiger partial charge in [0.1, 0.15) is 18.2 Å². The summed E-state index contributed by atoms with van der Waals surface area (Å²) in [5.74, 6) is 1.41. The van der Waals surface area contributed by atoms with Gasteiger partial charge in [0.25, 0.3) is 11.5 Å². The highest BCUT2D eigenvalue weighted by Crippen LogP contribution is 2.16. The monoisotopic (exact) mass is 405 g/mol. The maximum absolute atomic E-state index is 12.9. The molecule has 0 spiro atoms. The summed E-state index contributed by atoms with van der Waals surface area (Å²) < 4.78 is 7.46. The fraction of sp³-hybridized carbons (Fsp3) is 0.375. The number of rotatable bonds is 5. The van der Waals surface area contributed by atoms with E-state index >= 15 is 0 Å². The van der Waals surface area contributed by atoms with Crippen LogP contribution in [0.4, 0.5) is 0 Å². The van der Waals surface area contributed by atoms with Crippen molar-refractivity contribution in [2.75, 3.05) is 13.2 Å². The second kappa shape index (κ2) is 9.11. The van der Waals surface area contributed by atoms with E-state index in [1.54, 1.807) is 18.2 Å². The molecule has 2 heterocycles. The van der Waals surface area contributed by atoms with Crippen LogP contribution in [-0.2, 0) is 13.0 Å². The first-order valence-electron chi connectivity index (χ1n) is 10.6. The Morgan fingerprint density at radius 3 is 2.73 bits per heavy atom. The molecule has 4 rings (SSSR count). The zero-order valence-corrected chi connectivity index (χ0v) is 17.3. The van der Waals surface area contributed by atoms with Crippen LogP contribution in [0.5, 0.6) is 5.75 Å². The lowest BCUT2D eigenvalue weighted by molar-refractivity contribution is 0.0947. The molecule has 0 fully saturated rings. The average Bonchev–Trinajstić information content (AvgIpc) is 2.73. The van der Waals surface area contributed by atoms with E-state index in [-0.39, 0.29) is 11.5 Å². The molecule has 0 saturated heterocycles. The smallest absolute Gasteiger partial charge is 0.261 e. The molecule has 1 amide bonds. The summed E-state index contributed by atoms with van der Waals surface area (Å²) in [5, 5.41) is 3.43. The van der Waals surface area contributed by atoms with Crippen molar-refractivity contribution in [2.24, 2.45) is 0 Å². The Kier molecular flexibility index (Phi) is 6.12. The van der Waals surface area contributed by atoms with Gasteiger partial charge in [-0.15, -0.1) is 0 Å². The molecule has 156 valence electrons. The number of benzene rings is 2. The molecular weight excluding hydrogens is 378 g/mol. The summed E-state index contributed by atoms with van der Waals surface area (Å²) in [6, 6.07) is 12.9. The SMILES string of the molecule is Cc1ccc(OCCNC(=O)c2ccc3c(=O)n4c(nc3c2)CCCCCC4)cc1. The molecule has 0 saturated carbocycles. The highest BCUT2D eigenvalue weighted by Gasteiger charge is 2.14. The second-order valence-corrected chi connectivity index (χ2v) is 7.80. The zero-order valence-electron chi connectivity index (χ0n) is 17.3. The number of aromatic nitrogens is 2. The van der Waals surface area contributed by atoms with Crippen LogP contribution in [0.15, 0.2) is 47.3 Å². The van der Waals surface area contributed by atoms with E-state index < -0.39 is 0 Å². The third-order valence-electron chi connectivity index (χ3n) is 5.51. The van der Waals surface area contributed by atoms with E-state index in [9.17, 15) is 9.59 Å². The van der Waals surface area contributed by atoms with Gasteiger partial charge in [0.05, 0.1) is 17.4 Å². The number of ether oxygens (including phenoxy) is 1. The molecule has 3 aromatic rings. The Morgan fingerprint density at radius 2 is 1.90 bits per heavy atom. The van der Waals surface area contributed by atoms with Crippen molar-refractivity contribution in [1.82, 2.24) is 14.9 Å². The van der Waals surface area contributed by atoms with E-state index in [1.807, 2.05) is 35.8 Å². The normalized spacial score (nSPS) is 13.9. The minimum Gasteiger partial charge on any atom is -0.492 e. The number of carbonyl (C=O) groups excluding carboxylic acids is 1. The summed E-state index contributed by atoms with van der Waals surface area (Å²) in [5.41, 5.74) is 2.26. The summed E-state index contributed by atoms with van der Waals surface area (Å²) in [6.07, 6.45) is 5.17. The van der Waals surface area contributed by atoms with E-state index in [4.69, 9.17) is 9.72 Å². The molecule has 0 radical (unpaired) electrons. The van der Waals surface area contributed by atoms with Gasteiger partial charge in [-0.2, -0.15) is 0 Å². The number of hydrogen-bond donors (Lipinski definition) is 1. The number of amides is 1. The van der Waals surface area contributed by atoms with Crippen LogP contribution < -0.4 is 15.6 Å². The molecule has 6 nitrogen and oxygen atoms in total. The Bertz CT molecular complexity index is 1100. The number of nitrogens with zero attached hydrogens (tertiary/aromatic N) is 2. The standard InChI is InChI=1S/C24H27N3O3/c1-17-7-10-19(11-8-17)30-15-13-25-23(28)18-9-12-20-21(16-18)26-22-6-4-2-3-5-14-27(22)24(20)29/h7-12,16H,2-6,13-15H2,1H3,(H,25,28). The second-order valence-electron chi connectivity index (χ2n) is 7.80. The molecule has 30 heavy (non-hydrogen) atoms. The topological polar surface area (TPSA) is 73.2 Å². The molecule has 1 aromatic heterocycles. The molecule has 0 unspecified atom stereocenters. The molecule has 1 N–H and O–H groups in total. The van der Waals surface area contributed by atoms with Crippen LogP contribution in [0.2, 0.25) is 0 Å². The van der Waals surface area contributed by atoms with Crippen LogP contribution >= 0.6 is 0 Å². The lowest BCUT2D eigenvalue weighted by Crippen LogP contribution is -2.29. The van der Waals surface area contributed by atoms with Crippen LogP contribution in [0.25, 0.3) is 10.9 Å². The fourth-order valence-corrected chi connectivity index (χ4v) is 3.81. The maximum atomic E-state index is 12.9. The maximum Gasteiger partial charge on any atom is 0.261 e. The summed E-state index contributed by atoms with van der Waals surface area (Å²) in [4.78, 5) is 30.2. The first-order valence-corrected chi connectivity index (χ1v) is 10.6. The molecule has 0 aliphatic carbocycles. The van der Waals surface area contributed by atoms with Crippen molar-refractivity contribution < 1.29 is 9.53 Å². The molecule has 1 aliphatic heterocycles. The Balaban J connectivity index is 1.44. The molecule has 6 heteroatoms. The van der Waals surface area contributed by atoms with Crippen LogP contribution in [-0.4, -0.2) is 28.6 Å². The molecule has 0 bridgehead atoms. The van der Waals surface area contributed by atoms with Crippen molar-refractivity contribution >= 4 is 16.8 Å². The summed E-state index contributed by atoms with van der Waals surface area (Å²) in [7, 11) is 0. The van der Waals surface area contributed by atoms with Gasteiger partial charge in [-0.3, -0.25) is 14.2 Å². The minimum absolute atomic E-state index is 0.00430. The van der Waals surface area contributed by atoms with Crippen molar-refractivity contribution in [1.29, 1.82) is 0 Å². The summed E-state index contributed by atoms with van der Waals surface area (Å²) in [6.45, 7) is 3.52. The fourth-order valence-electron chi connectivity index (χ4n) is 3.81. The number of aryl methyl sites for hydroxylation is 2. The van der Waals surface area contributed by atoms with Crippen molar-refractivity contribution in [3.63, 3.8) is 0 Å². The Hall–Kier alpha value is -3.15. The zero-order chi connectivity index (χ0) is 20.9. The molecule has 1 aliphatic rings. The van der Waals surface area contributed by atoms with Gasteiger partial charge in [0.2, 0.25) is 0 Å². The van der Waals surface area contributed by atoms with Crippen molar-refractivity contribution in [3.8, 4) is 5.75 Å². The number of nitrogens with one attached hydrogen (secondary N) is 1. The highest BCUT2D eigenvalue weighted by atomic mass is 16.5. The van der Waals surface area contributed by atoms with Crippen LogP contribution in [0, 0.1) is 6.92 Å². The van der Waals surface area contributed by atoms with E-state index in [2.05, 4.69) is 5.32 Å². The van der Waals surface area contributed by atoms with Gasteiger partial charge in [0, 0.05) is 18.5 Å². The minimum atomic E-state index is -0.196. The first kappa shape index (κ1) is 20.1. The quantitative estimate of drug-likeness (QED) is 0.658. The average molecular weight is 405 g/mol. The molecular formula is C24H27N3O3.